The first-order valence-corrected chi connectivity index (χ1v) is 7.81. The van der Waals surface area contributed by atoms with E-state index in [1.807, 2.05) is 0 Å². The molecule has 0 saturated carbocycles. The number of nitrogens with zero attached hydrogens (tertiary/aromatic N) is 1. The molecule has 1 heterocycles. The van der Waals surface area contributed by atoms with Crippen LogP contribution in [-0.2, 0) is 0 Å². The Morgan fingerprint density at radius 1 is 0.692 bits per heavy atom. The van der Waals surface area contributed by atoms with E-state index in [1.54, 1.807) is 48.5 Å². The second-order valence-electron chi connectivity index (χ2n) is 5.58. The summed E-state index contributed by atoms with van der Waals surface area (Å²) >= 11 is 0. The van der Waals surface area contributed by atoms with Crippen molar-refractivity contribution in [3.05, 3.63) is 78.1 Å². The van der Waals surface area contributed by atoms with E-state index in [1.165, 1.54) is 18.3 Å². The van der Waals surface area contributed by atoms with E-state index >= 15 is 0 Å². The van der Waals surface area contributed by atoms with E-state index in [-0.39, 0.29) is 17.5 Å². The van der Waals surface area contributed by atoms with E-state index < -0.39 is 0 Å². The lowest BCUT2D eigenvalue weighted by atomic mass is 10.2. The molecule has 0 saturated heterocycles. The SMILES string of the molecule is Nc1ccc(NC(=O)c2ccc(C(=O)Nc3ccc(N)cc3)nc2)cc1. The van der Waals surface area contributed by atoms with Gasteiger partial charge >= 0.3 is 0 Å². The summed E-state index contributed by atoms with van der Waals surface area (Å²) in [5, 5.41) is 5.44. The molecular weight excluding hydrogens is 330 g/mol. The molecule has 1 aromatic heterocycles. The van der Waals surface area contributed by atoms with Gasteiger partial charge in [-0.3, -0.25) is 14.6 Å². The molecule has 130 valence electrons. The third-order valence-corrected chi connectivity index (χ3v) is 3.60. The summed E-state index contributed by atoms with van der Waals surface area (Å²) in [5.41, 5.74) is 14.2. The van der Waals surface area contributed by atoms with Crippen LogP contribution in [0.1, 0.15) is 20.8 Å². The minimum absolute atomic E-state index is 0.200. The molecule has 0 aliphatic carbocycles. The van der Waals surface area contributed by atoms with Gasteiger partial charge in [0.25, 0.3) is 11.8 Å². The van der Waals surface area contributed by atoms with Crippen LogP contribution >= 0.6 is 0 Å². The lowest BCUT2D eigenvalue weighted by Crippen LogP contribution is -2.16. The molecule has 0 aliphatic rings. The number of nitrogens with two attached hydrogens (primary N) is 2. The maximum absolute atomic E-state index is 12.2. The molecule has 7 nitrogen and oxygen atoms in total. The van der Waals surface area contributed by atoms with Crippen molar-refractivity contribution in [2.24, 2.45) is 0 Å². The lowest BCUT2D eigenvalue weighted by Gasteiger charge is -2.07. The quantitative estimate of drug-likeness (QED) is 0.540. The summed E-state index contributed by atoms with van der Waals surface area (Å²) in [6.07, 6.45) is 1.35. The van der Waals surface area contributed by atoms with Crippen molar-refractivity contribution < 1.29 is 9.59 Å². The van der Waals surface area contributed by atoms with Gasteiger partial charge in [-0.25, -0.2) is 0 Å². The molecule has 2 amide bonds. The van der Waals surface area contributed by atoms with Gasteiger partial charge in [-0.2, -0.15) is 0 Å². The number of carbonyl (C=O) groups excluding carboxylic acids is 2. The molecule has 26 heavy (non-hydrogen) atoms. The molecule has 3 rings (SSSR count). The maximum Gasteiger partial charge on any atom is 0.274 e. The van der Waals surface area contributed by atoms with Gasteiger partial charge < -0.3 is 22.1 Å². The first-order valence-electron chi connectivity index (χ1n) is 7.81. The Morgan fingerprint density at radius 2 is 1.19 bits per heavy atom. The van der Waals surface area contributed by atoms with E-state index in [9.17, 15) is 9.59 Å². The summed E-state index contributed by atoms with van der Waals surface area (Å²) in [7, 11) is 0. The smallest absolute Gasteiger partial charge is 0.274 e. The number of nitrogen functional groups attached to an aromatic ring is 2. The van der Waals surface area contributed by atoms with Crippen molar-refractivity contribution >= 4 is 34.6 Å². The minimum Gasteiger partial charge on any atom is -0.399 e. The number of rotatable bonds is 4. The zero-order chi connectivity index (χ0) is 18.5. The molecule has 2 aromatic carbocycles. The summed E-state index contributed by atoms with van der Waals surface area (Å²) in [6, 6.07) is 16.6. The van der Waals surface area contributed by atoms with Gasteiger partial charge in [-0.15, -0.1) is 0 Å². The zero-order valence-electron chi connectivity index (χ0n) is 13.8. The fourth-order valence-corrected chi connectivity index (χ4v) is 2.19. The molecule has 0 spiro atoms. The summed E-state index contributed by atoms with van der Waals surface area (Å²) < 4.78 is 0. The molecule has 0 bridgehead atoms. The van der Waals surface area contributed by atoms with E-state index in [2.05, 4.69) is 15.6 Å². The van der Waals surface area contributed by atoms with Crippen molar-refractivity contribution in [3.63, 3.8) is 0 Å². The van der Waals surface area contributed by atoms with Crippen molar-refractivity contribution in [1.82, 2.24) is 4.98 Å². The van der Waals surface area contributed by atoms with Crippen molar-refractivity contribution in [3.8, 4) is 0 Å². The standard InChI is InChI=1S/C19H17N5O2/c20-13-2-6-15(7-3-13)23-18(25)12-1-10-17(22-11-12)19(26)24-16-8-4-14(21)5-9-16/h1-11H,20-21H2,(H,23,25)(H,24,26). The number of amides is 2. The van der Waals surface area contributed by atoms with Gasteiger partial charge in [-0.05, 0) is 60.7 Å². The second-order valence-corrected chi connectivity index (χ2v) is 5.58. The second kappa shape index (κ2) is 7.35. The normalized spacial score (nSPS) is 10.2. The molecular formula is C19H17N5O2. The first kappa shape index (κ1) is 17.0. The number of benzene rings is 2. The Kier molecular flexibility index (Phi) is 4.80. The van der Waals surface area contributed by atoms with E-state index in [4.69, 9.17) is 11.5 Å². The Hall–Kier alpha value is -3.87. The van der Waals surface area contributed by atoms with Gasteiger partial charge in [0.2, 0.25) is 0 Å². The highest BCUT2D eigenvalue weighted by molar-refractivity contribution is 6.06. The average molecular weight is 347 g/mol. The highest BCUT2D eigenvalue weighted by Crippen LogP contribution is 2.14. The Labute approximate surface area is 150 Å². The number of pyridine rings is 1. The number of nitrogens with one attached hydrogen (secondary N) is 2. The Morgan fingerprint density at radius 3 is 1.65 bits per heavy atom. The van der Waals surface area contributed by atoms with Gasteiger partial charge in [0.15, 0.2) is 0 Å². The maximum atomic E-state index is 12.2. The summed E-state index contributed by atoms with van der Waals surface area (Å²) in [4.78, 5) is 28.4. The monoisotopic (exact) mass is 347 g/mol. The molecule has 7 heteroatoms. The fourth-order valence-electron chi connectivity index (χ4n) is 2.19. The van der Waals surface area contributed by atoms with Crippen molar-refractivity contribution in [2.45, 2.75) is 0 Å². The van der Waals surface area contributed by atoms with Crippen LogP contribution in [0.25, 0.3) is 0 Å². The molecule has 3 aromatic rings. The topological polar surface area (TPSA) is 123 Å². The van der Waals surface area contributed by atoms with Crippen LogP contribution in [0.4, 0.5) is 22.7 Å². The van der Waals surface area contributed by atoms with Crippen LogP contribution in [0.15, 0.2) is 66.9 Å². The van der Waals surface area contributed by atoms with Crippen LogP contribution in [0.2, 0.25) is 0 Å². The number of hydrogen-bond donors (Lipinski definition) is 4. The van der Waals surface area contributed by atoms with Crippen molar-refractivity contribution in [1.29, 1.82) is 0 Å². The van der Waals surface area contributed by atoms with Crippen LogP contribution in [-0.4, -0.2) is 16.8 Å². The minimum atomic E-state index is -0.375. The highest BCUT2D eigenvalue weighted by atomic mass is 16.2. The van der Waals surface area contributed by atoms with Gasteiger partial charge in [0, 0.05) is 28.9 Å². The number of anilines is 4. The van der Waals surface area contributed by atoms with Crippen LogP contribution in [0.3, 0.4) is 0 Å². The molecule has 0 unspecified atom stereocenters. The highest BCUT2D eigenvalue weighted by Gasteiger charge is 2.11. The fraction of sp³-hybridized carbons (Fsp3) is 0. The molecule has 0 radical (unpaired) electrons. The number of aromatic nitrogens is 1. The van der Waals surface area contributed by atoms with E-state index in [0.717, 1.165) is 0 Å². The third-order valence-electron chi connectivity index (χ3n) is 3.60. The molecule has 0 fully saturated rings. The Bertz CT molecular complexity index is 841. The van der Waals surface area contributed by atoms with Crippen LogP contribution in [0.5, 0.6) is 0 Å². The average Bonchev–Trinajstić information content (AvgIpc) is 2.65. The number of hydrogen-bond acceptors (Lipinski definition) is 5. The molecule has 0 atom stereocenters. The zero-order valence-corrected chi connectivity index (χ0v) is 13.8. The summed E-state index contributed by atoms with van der Waals surface area (Å²) in [5.74, 6) is -0.701. The van der Waals surface area contributed by atoms with E-state index in [0.29, 0.717) is 28.3 Å². The predicted octanol–water partition coefficient (Wildman–Crippen LogP) is 2.75. The lowest BCUT2D eigenvalue weighted by molar-refractivity contribution is 0.101. The van der Waals surface area contributed by atoms with Crippen LogP contribution < -0.4 is 22.1 Å². The molecule has 0 aliphatic heterocycles. The third kappa shape index (κ3) is 4.15. The summed E-state index contributed by atoms with van der Waals surface area (Å²) in [6.45, 7) is 0. The van der Waals surface area contributed by atoms with Gasteiger partial charge in [0.1, 0.15) is 5.69 Å². The number of carbonyl (C=O) groups is 2. The van der Waals surface area contributed by atoms with Gasteiger partial charge in [0.05, 0.1) is 5.56 Å². The van der Waals surface area contributed by atoms with Crippen molar-refractivity contribution in [2.75, 3.05) is 22.1 Å². The predicted molar refractivity (Wildman–Crippen MR) is 102 cm³/mol. The van der Waals surface area contributed by atoms with Gasteiger partial charge in [-0.1, -0.05) is 0 Å². The molecule has 6 N–H and O–H groups in total. The largest absolute Gasteiger partial charge is 0.399 e. The first-order chi connectivity index (χ1) is 12.5. The van der Waals surface area contributed by atoms with Crippen LogP contribution in [0, 0.1) is 0 Å². The Balaban J connectivity index is 1.65.